The number of carbonyl (C=O) groups is 1. The molecule has 1 nitrogen and oxygen atoms in total. The zero-order valence-corrected chi connectivity index (χ0v) is 6.60. The summed E-state index contributed by atoms with van der Waals surface area (Å²) in [6, 6.07) is 0. The quantitative estimate of drug-likeness (QED) is 0.391. The summed E-state index contributed by atoms with van der Waals surface area (Å²) < 4.78 is 0. The average molecular weight is 159 g/mol. The van der Waals surface area contributed by atoms with Crippen LogP contribution in [0.4, 0.5) is 0 Å². The third kappa shape index (κ3) is 2.14. The maximum Gasteiger partial charge on any atom is 0.150 e. The highest BCUT2D eigenvalue weighted by Gasteiger charge is 2.14. The number of allylic oxidation sites excluding steroid dienone is 2. The van der Waals surface area contributed by atoms with Crippen LogP contribution in [0.3, 0.4) is 0 Å². The maximum atomic E-state index is 11.0. The lowest BCUT2D eigenvalue weighted by atomic mass is 10.0. The largest absolute Gasteiger partial charge is 0.298 e. The van der Waals surface area contributed by atoms with Gasteiger partial charge in [-0.05, 0) is 19.3 Å². The Kier molecular flexibility index (Phi) is 2.94. The molecule has 1 unspecified atom stereocenters. The lowest BCUT2D eigenvalue weighted by molar-refractivity contribution is -0.118. The predicted octanol–water partition coefficient (Wildman–Crippen LogP) is 2.29. The van der Waals surface area contributed by atoms with Gasteiger partial charge in [0.2, 0.25) is 0 Å². The molecule has 0 aromatic heterocycles. The molecule has 0 N–H and O–H groups in total. The summed E-state index contributed by atoms with van der Waals surface area (Å²) in [5, 5.41) is -0.232. The van der Waals surface area contributed by atoms with E-state index in [-0.39, 0.29) is 11.2 Å². The average Bonchev–Trinajstić information content (AvgIpc) is 1.92. The standard InChI is InChI=1S/C8H11ClO/c9-7-5-3-1-2-4-6-8(7)10/h1-2,7H,3-6H2/b2-1-. The van der Waals surface area contributed by atoms with Gasteiger partial charge >= 0.3 is 0 Å². The first-order valence-electron chi connectivity index (χ1n) is 3.62. The van der Waals surface area contributed by atoms with E-state index < -0.39 is 0 Å². The Balaban J connectivity index is 2.48. The molecule has 1 aliphatic carbocycles. The summed E-state index contributed by atoms with van der Waals surface area (Å²) in [6.07, 6.45) is 7.38. The fourth-order valence-electron chi connectivity index (χ4n) is 1.02. The molecule has 1 aliphatic rings. The van der Waals surface area contributed by atoms with Crippen molar-refractivity contribution < 1.29 is 4.79 Å². The lowest BCUT2D eigenvalue weighted by Gasteiger charge is -2.07. The number of alkyl halides is 1. The van der Waals surface area contributed by atoms with Crippen LogP contribution in [-0.4, -0.2) is 11.2 Å². The van der Waals surface area contributed by atoms with Gasteiger partial charge in [-0.1, -0.05) is 12.2 Å². The van der Waals surface area contributed by atoms with E-state index in [2.05, 4.69) is 12.2 Å². The smallest absolute Gasteiger partial charge is 0.150 e. The molecular weight excluding hydrogens is 148 g/mol. The van der Waals surface area contributed by atoms with Crippen LogP contribution >= 0.6 is 11.6 Å². The van der Waals surface area contributed by atoms with Crippen LogP contribution in [0.2, 0.25) is 0 Å². The van der Waals surface area contributed by atoms with Crippen molar-refractivity contribution in [1.29, 1.82) is 0 Å². The molecule has 0 bridgehead atoms. The van der Waals surface area contributed by atoms with Gasteiger partial charge in [-0.3, -0.25) is 4.79 Å². The molecule has 0 radical (unpaired) electrons. The Bertz CT molecular complexity index is 151. The molecule has 0 saturated heterocycles. The van der Waals surface area contributed by atoms with Gasteiger partial charge in [-0.25, -0.2) is 0 Å². The summed E-state index contributed by atoms with van der Waals surface area (Å²) in [6.45, 7) is 0. The van der Waals surface area contributed by atoms with Crippen LogP contribution in [0.25, 0.3) is 0 Å². The Morgan fingerprint density at radius 3 is 2.90 bits per heavy atom. The molecule has 0 aliphatic heterocycles. The van der Waals surface area contributed by atoms with Crippen molar-refractivity contribution in [2.45, 2.75) is 31.1 Å². The third-order valence-corrected chi connectivity index (χ3v) is 2.12. The molecular formula is C8H11ClO. The van der Waals surface area contributed by atoms with Gasteiger partial charge in [0.05, 0.1) is 5.38 Å². The van der Waals surface area contributed by atoms with E-state index in [1.54, 1.807) is 0 Å². The first-order valence-corrected chi connectivity index (χ1v) is 4.06. The van der Waals surface area contributed by atoms with Crippen LogP contribution in [0, 0.1) is 0 Å². The highest BCUT2D eigenvalue weighted by atomic mass is 35.5. The van der Waals surface area contributed by atoms with E-state index in [4.69, 9.17) is 11.6 Å². The summed E-state index contributed by atoms with van der Waals surface area (Å²) in [4.78, 5) is 11.0. The number of halogens is 1. The highest BCUT2D eigenvalue weighted by molar-refractivity contribution is 6.31. The van der Waals surface area contributed by atoms with E-state index in [1.165, 1.54) is 0 Å². The number of hydrogen-bond donors (Lipinski definition) is 0. The second-order valence-electron chi connectivity index (χ2n) is 2.52. The van der Waals surface area contributed by atoms with Gasteiger partial charge in [0, 0.05) is 6.42 Å². The van der Waals surface area contributed by atoms with Gasteiger partial charge in [0.15, 0.2) is 5.78 Å². The van der Waals surface area contributed by atoms with Crippen molar-refractivity contribution in [2.75, 3.05) is 0 Å². The summed E-state index contributed by atoms with van der Waals surface area (Å²) >= 11 is 5.76. The molecule has 0 aromatic rings. The second kappa shape index (κ2) is 3.77. The zero-order chi connectivity index (χ0) is 7.40. The van der Waals surface area contributed by atoms with E-state index in [1.807, 2.05) is 0 Å². The number of hydrogen-bond acceptors (Lipinski definition) is 1. The monoisotopic (exact) mass is 158 g/mol. The normalized spacial score (nSPS) is 30.9. The van der Waals surface area contributed by atoms with Gasteiger partial charge in [-0.2, -0.15) is 0 Å². The molecule has 2 heteroatoms. The van der Waals surface area contributed by atoms with Crippen molar-refractivity contribution in [1.82, 2.24) is 0 Å². The fraction of sp³-hybridized carbons (Fsp3) is 0.625. The van der Waals surface area contributed by atoms with Gasteiger partial charge in [0.1, 0.15) is 0 Å². The number of rotatable bonds is 0. The first-order chi connectivity index (χ1) is 4.80. The van der Waals surface area contributed by atoms with Gasteiger partial charge in [0.25, 0.3) is 0 Å². The zero-order valence-electron chi connectivity index (χ0n) is 5.85. The SMILES string of the molecule is O=C1CC/C=C\CCC1Cl. The van der Waals surface area contributed by atoms with E-state index in [9.17, 15) is 4.79 Å². The molecule has 0 saturated carbocycles. The molecule has 0 aromatic carbocycles. The van der Waals surface area contributed by atoms with E-state index in [0.29, 0.717) is 6.42 Å². The minimum Gasteiger partial charge on any atom is -0.298 e. The van der Waals surface area contributed by atoms with Crippen LogP contribution in [0.5, 0.6) is 0 Å². The summed E-state index contributed by atoms with van der Waals surface area (Å²) in [7, 11) is 0. The Morgan fingerprint density at radius 2 is 2.10 bits per heavy atom. The summed E-state index contributed by atoms with van der Waals surface area (Å²) in [5.74, 6) is 0.200. The van der Waals surface area contributed by atoms with E-state index in [0.717, 1.165) is 19.3 Å². The summed E-state index contributed by atoms with van der Waals surface area (Å²) in [5.41, 5.74) is 0. The van der Waals surface area contributed by atoms with Crippen molar-refractivity contribution in [3.63, 3.8) is 0 Å². The Hall–Kier alpha value is -0.300. The van der Waals surface area contributed by atoms with Gasteiger partial charge in [-0.15, -0.1) is 11.6 Å². The minimum absolute atomic E-state index is 0.200. The van der Waals surface area contributed by atoms with Crippen LogP contribution in [0.1, 0.15) is 25.7 Å². The predicted molar refractivity (Wildman–Crippen MR) is 42.3 cm³/mol. The molecule has 0 heterocycles. The van der Waals surface area contributed by atoms with Gasteiger partial charge < -0.3 is 0 Å². The molecule has 0 spiro atoms. The Morgan fingerprint density at radius 1 is 1.40 bits per heavy atom. The molecule has 1 atom stereocenters. The molecule has 56 valence electrons. The molecule has 0 fully saturated rings. The third-order valence-electron chi connectivity index (χ3n) is 1.66. The van der Waals surface area contributed by atoms with Crippen molar-refractivity contribution >= 4 is 17.4 Å². The van der Waals surface area contributed by atoms with Crippen molar-refractivity contribution in [3.05, 3.63) is 12.2 Å². The number of carbonyl (C=O) groups excluding carboxylic acids is 1. The molecule has 10 heavy (non-hydrogen) atoms. The van der Waals surface area contributed by atoms with Crippen LogP contribution < -0.4 is 0 Å². The number of ketones is 1. The Labute approximate surface area is 66.1 Å². The first kappa shape index (κ1) is 7.80. The van der Waals surface area contributed by atoms with Crippen LogP contribution in [0.15, 0.2) is 12.2 Å². The van der Waals surface area contributed by atoms with Crippen molar-refractivity contribution in [3.8, 4) is 0 Å². The minimum atomic E-state index is -0.232. The number of Topliss-reactive ketones (excluding diaryl/α,β-unsaturated/α-hetero) is 1. The molecule has 1 rings (SSSR count). The lowest BCUT2D eigenvalue weighted by Crippen LogP contribution is -2.14. The molecule has 0 amide bonds. The maximum absolute atomic E-state index is 11.0. The van der Waals surface area contributed by atoms with Crippen molar-refractivity contribution in [2.24, 2.45) is 0 Å². The fourth-order valence-corrected chi connectivity index (χ4v) is 1.26. The van der Waals surface area contributed by atoms with E-state index >= 15 is 0 Å². The highest BCUT2D eigenvalue weighted by Crippen LogP contribution is 2.13. The second-order valence-corrected chi connectivity index (χ2v) is 3.05. The van der Waals surface area contributed by atoms with Crippen LogP contribution in [-0.2, 0) is 4.79 Å². The topological polar surface area (TPSA) is 17.1 Å².